The smallest absolute Gasteiger partial charge is 0.331 e. The molecule has 34 heavy (non-hydrogen) atoms. The summed E-state index contributed by atoms with van der Waals surface area (Å²) in [5, 5.41) is 4.16. The van der Waals surface area contributed by atoms with E-state index in [2.05, 4.69) is 15.5 Å². The first kappa shape index (κ1) is 22.1. The predicted molar refractivity (Wildman–Crippen MR) is 113 cm³/mol. The van der Waals surface area contributed by atoms with Crippen molar-refractivity contribution in [3.63, 3.8) is 0 Å². The lowest BCUT2D eigenvalue weighted by atomic mass is 9.81. The minimum Gasteiger partial charge on any atom is -0.331 e. The Kier molecular flexibility index (Phi) is 5.34. The lowest BCUT2D eigenvalue weighted by Gasteiger charge is -2.29. The molecule has 0 bridgehead atoms. The zero-order chi connectivity index (χ0) is 24.0. The second kappa shape index (κ2) is 8.23. The Morgan fingerprint density at radius 3 is 2.68 bits per heavy atom. The molecular formula is C23H19F4N5O2. The summed E-state index contributed by atoms with van der Waals surface area (Å²) in [7, 11) is 0. The molecule has 0 spiro atoms. The highest BCUT2D eigenvalue weighted by molar-refractivity contribution is 6.00. The van der Waals surface area contributed by atoms with Crippen molar-refractivity contribution < 1.29 is 27.2 Å². The van der Waals surface area contributed by atoms with Gasteiger partial charge in [-0.15, -0.1) is 0 Å². The Balaban J connectivity index is 1.36. The fourth-order valence-corrected chi connectivity index (χ4v) is 4.40. The molecule has 1 aromatic carbocycles. The Morgan fingerprint density at radius 1 is 1.15 bits per heavy atom. The number of amides is 2. The third-order valence-electron chi connectivity index (χ3n) is 6.16. The molecule has 0 saturated heterocycles. The standard InChI is InChI=1S/C23H19F4N5O2/c24-17-6-5-13(10-18-14-3-1-2-4-15(14)21(33)30-29-18)9-16(17)22(34)32-8-7-31-11-19(23(25,26)27)28-20(31)12-32/h1-6,9,11,14-15H,7-8,10,12H2,(H,30,33). The van der Waals surface area contributed by atoms with Gasteiger partial charge >= 0.3 is 6.18 Å². The molecule has 3 heterocycles. The molecule has 0 fully saturated rings. The lowest BCUT2D eigenvalue weighted by molar-refractivity contribution is -0.141. The van der Waals surface area contributed by atoms with Crippen LogP contribution in [0.5, 0.6) is 0 Å². The van der Waals surface area contributed by atoms with E-state index in [1.54, 1.807) is 18.2 Å². The number of nitrogens with one attached hydrogen (secondary N) is 1. The lowest BCUT2D eigenvalue weighted by Crippen LogP contribution is -2.41. The number of benzene rings is 1. The predicted octanol–water partition coefficient (Wildman–Crippen LogP) is 3.08. The fraction of sp³-hybridized carbons (Fsp3) is 0.304. The Labute approximate surface area is 191 Å². The number of imidazole rings is 1. The summed E-state index contributed by atoms with van der Waals surface area (Å²) in [6.07, 6.45) is 3.92. The minimum absolute atomic E-state index is 0.0963. The highest BCUT2D eigenvalue weighted by Crippen LogP contribution is 2.30. The van der Waals surface area contributed by atoms with Gasteiger partial charge in [0, 0.05) is 31.6 Å². The molecule has 2 atom stereocenters. The Bertz CT molecular complexity index is 1260. The number of hydrogen-bond acceptors (Lipinski definition) is 4. The molecule has 2 aromatic rings. The van der Waals surface area contributed by atoms with Gasteiger partial charge < -0.3 is 9.47 Å². The molecule has 0 saturated carbocycles. The van der Waals surface area contributed by atoms with Gasteiger partial charge in [0.2, 0.25) is 5.91 Å². The molecule has 2 amide bonds. The molecule has 2 aliphatic heterocycles. The molecule has 1 N–H and O–H groups in total. The SMILES string of the molecule is O=C1NN=C(Cc2ccc(F)c(C(=O)N3CCn4cc(C(F)(F)F)nc4C3)c2)C2C=CC=CC12. The molecule has 176 valence electrons. The van der Waals surface area contributed by atoms with E-state index < -0.39 is 23.6 Å². The quantitative estimate of drug-likeness (QED) is 0.696. The number of allylic oxidation sites excluding steroid dienone is 3. The van der Waals surface area contributed by atoms with E-state index in [4.69, 9.17) is 0 Å². The van der Waals surface area contributed by atoms with Crippen LogP contribution in [0.25, 0.3) is 0 Å². The number of rotatable bonds is 3. The third kappa shape index (κ3) is 4.02. The summed E-state index contributed by atoms with van der Waals surface area (Å²) in [5.41, 5.74) is 2.60. The number of halogens is 4. The zero-order valence-electron chi connectivity index (χ0n) is 17.7. The van der Waals surface area contributed by atoms with Gasteiger partial charge in [0.05, 0.1) is 23.7 Å². The molecule has 0 radical (unpaired) electrons. The van der Waals surface area contributed by atoms with Crippen LogP contribution in [0.4, 0.5) is 17.6 Å². The maximum Gasteiger partial charge on any atom is 0.434 e. The summed E-state index contributed by atoms with van der Waals surface area (Å²) in [6, 6.07) is 4.16. The van der Waals surface area contributed by atoms with E-state index in [9.17, 15) is 27.2 Å². The topological polar surface area (TPSA) is 79.6 Å². The van der Waals surface area contributed by atoms with Gasteiger partial charge in [-0.2, -0.15) is 18.3 Å². The number of nitrogens with zero attached hydrogens (tertiary/aromatic N) is 4. The van der Waals surface area contributed by atoms with Crippen LogP contribution in [0, 0.1) is 17.7 Å². The van der Waals surface area contributed by atoms with Gasteiger partial charge in [-0.3, -0.25) is 9.59 Å². The van der Waals surface area contributed by atoms with Crippen LogP contribution in [-0.4, -0.2) is 38.5 Å². The van der Waals surface area contributed by atoms with Crippen molar-refractivity contribution in [1.82, 2.24) is 19.9 Å². The van der Waals surface area contributed by atoms with Crippen molar-refractivity contribution in [3.05, 3.63) is 77.2 Å². The van der Waals surface area contributed by atoms with Gasteiger partial charge in [-0.25, -0.2) is 14.8 Å². The maximum absolute atomic E-state index is 14.6. The van der Waals surface area contributed by atoms with Crippen molar-refractivity contribution in [2.45, 2.75) is 25.7 Å². The van der Waals surface area contributed by atoms with Gasteiger partial charge in [-0.1, -0.05) is 30.4 Å². The average Bonchev–Trinajstić information content (AvgIpc) is 3.26. The first-order chi connectivity index (χ1) is 16.2. The number of alkyl halides is 3. The molecule has 1 aliphatic carbocycles. The summed E-state index contributed by atoms with van der Waals surface area (Å²) in [6.45, 7) is 0.103. The van der Waals surface area contributed by atoms with Crippen LogP contribution in [0.1, 0.15) is 27.4 Å². The molecule has 11 heteroatoms. The highest BCUT2D eigenvalue weighted by Gasteiger charge is 2.37. The first-order valence-corrected chi connectivity index (χ1v) is 10.6. The molecular weight excluding hydrogens is 454 g/mol. The van der Waals surface area contributed by atoms with Crippen LogP contribution < -0.4 is 5.43 Å². The van der Waals surface area contributed by atoms with Gasteiger partial charge in [-0.05, 0) is 17.7 Å². The van der Waals surface area contributed by atoms with Crippen LogP contribution in [0.15, 0.2) is 53.8 Å². The summed E-state index contributed by atoms with van der Waals surface area (Å²) in [4.78, 5) is 30.0. The number of carbonyl (C=O) groups is 2. The van der Waals surface area contributed by atoms with Crippen molar-refractivity contribution in [1.29, 1.82) is 0 Å². The maximum atomic E-state index is 14.6. The van der Waals surface area contributed by atoms with E-state index in [1.807, 2.05) is 12.2 Å². The Hall–Kier alpha value is -3.76. The van der Waals surface area contributed by atoms with Crippen molar-refractivity contribution >= 4 is 17.5 Å². The van der Waals surface area contributed by atoms with Crippen molar-refractivity contribution in [2.24, 2.45) is 16.9 Å². The normalized spacial score (nSPS) is 21.6. The number of carbonyl (C=O) groups excluding carboxylic acids is 2. The third-order valence-corrected chi connectivity index (χ3v) is 6.16. The molecule has 5 rings (SSSR count). The number of hydrazone groups is 1. The highest BCUT2D eigenvalue weighted by atomic mass is 19.4. The number of fused-ring (bicyclic) bond motifs is 2. The van der Waals surface area contributed by atoms with Crippen molar-refractivity contribution in [3.8, 4) is 0 Å². The van der Waals surface area contributed by atoms with E-state index in [-0.39, 0.29) is 48.8 Å². The van der Waals surface area contributed by atoms with Gasteiger partial charge in [0.1, 0.15) is 11.6 Å². The van der Waals surface area contributed by atoms with Crippen LogP contribution in [-0.2, 0) is 30.5 Å². The fourth-order valence-electron chi connectivity index (χ4n) is 4.40. The first-order valence-electron chi connectivity index (χ1n) is 10.6. The van der Waals surface area contributed by atoms with E-state index in [0.29, 0.717) is 17.7 Å². The van der Waals surface area contributed by atoms with Gasteiger partial charge in [0.15, 0.2) is 5.69 Å². The summed E-state index contributed by atoms with van der Waals surface area (Å²) >= 11 is 0. The Morgan fingerprint density at radius 2 is 1.91 bits per heavy atom. The minimum atomic E-state index is -4.58. The monoisotopic (exact) mass is 473 g/mol. The molecule has 3 aliphatic rings. The van der Waals surface area contributed by atoms with Crippen LogP contribution in [0.3, 0.4) is 0 Å². The van der Waals surface area contributed by atoms with Crippen molar-refractivity contribution in [2.75, 3.05) is 6.54 Å². The average molecular weight is 473 g/mol. The van der Waals surface area contributed by atoms with Gasteiger partial charge in [0.25, 0.3) is 5.91 Å². The molecule has 7 nitrogen and oxygen atoms in total. The molecule has 1 aromatic heterocycles. The number of aromatic nitrogens is 2. The summed E-state index contributed by atoms with van der Waals surface area (Å²) in [5.74, 6) is -2.07. The van der Waals surface area contributed by atoms with Crippen LogP contribution in [0.2, 0.25) is 0 Å². The zero-order valence-corrected chi connectivity index (χ0v) is 17.7. The largest absolute Gasteiger partial charge is 0.434 e. The van der Waals surface area contributed by atoms with E-state index >= 15 is 0 Å². The number of hydrogen-bond donors (Lipinski definition) is 1. The summed E-state index contributed by atoms with van der Waals surface area (Å²) < 4.78 is 54.9. The second-order valence-corrected chi connectivity index (χ2v) is 8.35. The molecule has 2 unspecified atom stereocenters. The van der Waals surface area contributed by atoms with E-state index in [1.165, 1.54) is 21.6 Å². The van der Waals surface area contributed by atoms with Crippen LogP contribution >= 0.6 is 0 Å². The van der Waals surface area contributed by atoms with E-state index in [0.717, 1.165) is 6.20 Å². The second-order valence-electron chi connectivity index (χ2n) is 8.35.